The molecule has 0 saturated carbocycles. The third-order valence-corrected chi connectivity index (χ3v) is 3.66. The van der Waals surface area contributed by atoms with Crippen molar-refractivity contribution >= 4 is 20.9 Å². The number of hydrogen-bond donors (Lipinski definition) is 2. The van der Waals surface area contributed by atoms with Crippen molar-refractivity contribution in [3.8, 4) is 0 Å². The first-order valence-corrected chi connectivity index (χ1v) is 7.53. The van der Waals surface area contributed by atoms with Gasteiger partial charge in [0.15, 0.2) is 0 Å². The van der Waals surface area contributed by atoms with E-state index in [0.717, 1.165) is 0 Å². The van der Waals surface area contributed by atoms with Gasteiger partial charge >= 0.3 is 0 Å². The van der Waals surface area contributed by atoms with E-state index in [1.165, 1.54) is 22.9 Å². The Morgan fingerprint density at radius 3 is 3.00 bits per heavy atom. The second-order valence-corrected chi connectivity index (χ2v) is 6.16. The van der Waals surface area contributed by atoms with E-state index in [0.29, 0.717) is 29.4 Å². The third-order valence-electron chi connectivity index (χ3n) is 2.89. The van der Waals surface area contributed by atoms with Gasteiger partial charge in [0.05, 0.1) is 7.08 Å². The van der Waals surface area contributed by atoms with E-state index in [4.69, 9.17) is 8.22 Å². The molecule has 2 aromatic rings. The molecule has 0 spiro atoms. The fourth-order valence-electron chi connectivity index (χ4n) is 1.89. The maximum atomic E-state index is 12.2. The zero-order valence-electron chi connectivity index (χ0n) is 17.3. The van der Waals surface area contributed by atoms with Crippen LogP contribution in [0.3, 0.4) is 0 Å². The molecule has 6 heteroatoms. The molecular formula is C14H21N3O2S. The number of hydrogen-bond acceptors (Lipinski definition) is 3. The average molecular weight is 301 g/mol. The van der Waals surface area contributed by atoms with Crippen molar-refractivity contribution in [1.29, 1.82) is 0 Å². The molecule has 1 aromatic heterocycles. The van der Waals surface area contributed by atoms with Crippen molar-refractivity contribution in [2.75, 3.05) is 27.6 Å². The van der Waals surface area contributed by atoms with Gasteiger partial charge in [0.2, 0.25) is 10.0 Å². The molecular weight excluding hydrogens is 274 g/mol. The Hall–Kier alpha value is -1.37. The van der Waals surface area contributed by atoms with E-state index in [2.05, 4.69) is 4.98 Å². The molecule has 1 heterocycles. The summed E-state index contributed by atoms with van der Waals surface area (Å²) >= 11 is 0. The Kier molecular flexibility index (Phi) is 2.62. The number of sulfonamides is 1. The Morgan fingerprint density at radius 2 is 2.30 bits per heavy atom. The van der Waals surface area contributed by atoms with Crippen LogP contribution in [0.4, 0.5) is 0 Å². The van der Waals surface area contributed by atoms with Gasteiger partial charge in [-0.05, 0) is 50.8 Å². The predicted molar refractivity (Wildman–Crippen MR) is 82.2 cm³/mol. The molecule has 20 heavy (non-hydrogen) atoms. The van der Waals surface area contributed by atoms with Crippen LogP contribution in [-0.2, 0) is 22.1 Å². The summed E-state index contributed by atoms with van der Waals surface area (Å²) in [5.41, 5.74) is -1.92. The second-order valence-electron chi connectivity index (χ2n) is 4.75. The van der Waals surface area contributed by atoms with Crippen LogP contribution in [0.25, 0.3) is 10.9 Å². The van der Waals surface area contributed by atoms with Crippen molar-refractivity contribution in [3.05, 3.63) is 35.5 Å². The lowest BCUT2D eigenvalue weighted by Gasteiger charge is -2.08. The Morgan fingerprint density at radius 1 is 1.50 bits per heavy atom. The Labute approximate surface area is 128 Å². The smallest absolute Gasteiger partial charge is 0.215 e. The van der Waals surface area contributed by atoms with E-state index in [-0.39, 0.29) is 11.7 Å². The Balaban J connectivity index is 2.51. The first kappa shape index (κ1) is 8.81. The maximum Gasteiger partial charge on any atom is 0.215 e. The molecule has 0 aliphatic carbocycles. The summed E-state index contributed by atoms with van der Waals surface area (Å²) < 4.78 is 70.9. The molecule has 1 aromatic carbocycles. The molecule has 0 saturated heterocycles. The fraction of sp³-hybridized carbons (Fsp3) is 0.429. The quantitative estimate of drug-likeness (QED) is 0.846. The van der Waals surface area contributed by atoms with E-state index >= 15 is 0 Å². The molecule has 2 N–H and O–H groups in total. The highest BCUT2D eigenvalue weighted by Crippen LogP contribution is 2.21. The van der Waals surface area contributed by atoms with Crippen LogP contribution >= 0.6 is 0 Å². The summed E-state index contributed by atoms with van der Waals surface area (Å²) in [5.74, 6) is 0. The minimum atomic E-state index is -4.82. The summed E-state index contributed by atoms with van der Waals surface area (Å²) in [5, 5.41) is 0.544. The van der Waals surface area contributed by atoms with Crippen LogP contribution in [0, 0.1) is 0 Å². The van der Waals surface area contributed by atoms with Gasteiger partial charge in [0.1, 0.15) is 0 Å². The van der Waals surface area contributed by atoms with Gasteiger partial charge in [0, 0.05) is 30.5 Å². The predicted octanol–water partition coefficient (Wildman–Crippen LogP) is 1.32. The number of benzene rings is 1. The molecule has 5 nitrogen and oxygen atoms in total. The SMILES string of the molecule is [2H]c1[nH]c2ccc(C([2H])([2H])S(=O)(=O)NC([2H])([2H])[2H])cc2c1CCN(C)C. The molecule has 0 aliphatic rings. The van der Waals surface area contributed by atoms with E-state index in [1.54, 1.807) is 0 Å². The lowest BCUT2D eigenvalue weighted by Crippen LogP contribution is -2.20. The molecule has 110 valence electrons. The normalized spacial score (nSPS) is 18.1. The van der Waals surface area contributed by atoms with Crippen molar-refractivity contribution in [2.24, 2.45) is 0 Å². The monoisotopic (exact) mass is 301 g/mol. The van der Waals surface area contributed by atoms with Crippen LogP contribution in [-0.4, -0.2) is 45.9 Å². The number of nitrogens with zero attached hydrogens (tertiary/aromatic N) is 1. The van der Waals surface area contributed by atoms with Crippen molar-refractivity contribution in [1.82, 2.24) is 14.6 Å². The first-order valence-electron chi connectivity index (χ1n) is 9.04. The standard InChI is InChI=1S/C14H21N3O2S/c1-15-20(18,19)10-11-4-5-14-13(8-11)12(9-16-14)6-7-17(2)3/h4-5,8-9,15-16H,6-7,10H2,1-3H3/i1D3,9D,10D2. The number of nitrogens with one attached hydrogen (secondary N) is 2. The number of fused-ring (bicyclic) bond motifs is 1. The fourth-order valence-corrected chi connectivity index (χ4v) is 2.38. The van der Waals surface area contributed by atoms with Crippen molar-refractivity contribution in [3.63, 3.8) is 0 Å². The molecule has 2 rings (SSSR count). The summed E-state index contributed by atoms with van der Waals surface area (Å²) in [6.07, 6.45) is 0.710. The van der Waals surface area contributed by atoms with Gasteiger partial charge in [-0.1, -0.05) is 6.07 Å². The zero-order chi connectivity index (χ0) is 19.9. The van der Waals surface area contributed by atoms with E-state index in [1.807, 2.05) is 19.0 Å². The number of aromatic nitrogens is 1. The summed E-state index contributed by atoms with van der Waals surface area (Å²) in [4.78, 5) is 4.81. The van der Waals surface area contributed by atoms with Crippen molar-refractivity contribution in [2.45, 2.75) is 12.1 Å². The van der Waals surface area contributed by atoms with Crippen molar-refractivity contribution < 1.29 is 16.6 Å². The molecule has 0 atom stereocenters. The molecule has 0 unspecified atom stereocenters. The highest BCUT2D eigenvalue weighted by Gasteiger charge is 2.11. The van der Waals surface area contributed by atoms with Gasteiger partial charge in [-0.25, -0.2) is 13.1 Å². The van der Waals surface area contributed by atoms with Gasteiger partial charge in [-0.2, -0.15) is 0 Å². The van der Waals surface area contributed by atoms with Gasteiger partial charge < -0.3 is 9.88 Å². The number of aromatic amines is 1. The summed E-state index contributed by atoms with van der Waals surface area (Å²) in [6.45, 7) is -2.37. The number of H-pyrrole nitrogens is 1. The van der Waals surface area contributed by atoms with E-state index < -0.39 is 22.7 Å². The van der Waals surface area contributed by atoms with Gasteiger partial charge in [-0.3, -0.25) is 0 Å². The maximum absolute atomic E-state index is 12.2. The largest absolute Gasteiger partial charge is 0.361 e. The third kappa shape index (κ3) is 3.59. The number of likely N-dealkylation sites (N-methyl/N-ethyl adjacent to an activating group) is 1. The van der Waals surface area contributed by atoms with Crippen LogP contribution in [0.15, 0.2) is 24.4 Å². The van der Waals surface area contributed by atoms with Crippen LogP contribution < -0.4 is 4.72 Å². The molecule has 0 aliphatic heterocycles. The lowest BCUT2D eigenvalue weighted by atomic mass is 10.1. The first-order chi connectivity index (χ1) is 11.7. The zero-order valence-corrected chi connectivity index (χ0v) is 12.1. The topological polar surface area (TPSA) is 65.2 Å². The molecule has 0 fully saturated rings. The lowest BCUT2D eigenvalue weighted by molar-refractivity contribution is 0.414. The van der Waals surface area contributed by atoms with Crippen LogP contribution in [0.2, 0.25) is 0 Å². The van der Waals surface area contributed by atoms with Gasteiger partial charge in [0.25, 0.3) is 0 Å². The van der Waals surface area contributed by atoms with Crippen LogP contribution in [0.1, 0.15) is 19.4 Å². The molecule has 0 amide bonds. The second kappa shape index (κ2) is 5.95. The summed E-state index contributed by atoms with van der Waals surface area (Å²) in [6, 6.07) is 4.12. The molecule has 0 bridgehead atoms. The number of rotatable bonds is 6. The van der Waals surface area contributed by atoms with Gasteiger partial charge in [-0.15, -0.1) is 0 Å². The van der Waals surface area contributed by atoms with Crippen LogP contribution in [0.5, 0.6) is 0 Å². The minimum Gasteiger partial charge on any atom is -0.361 e. The highest BCUT2D eigenvalue weighted by molar-refractivity contribution is 7.88. The highest BCUT2D eigenvalue weighted by atomic mass is 32.2. The summed E-state index contributed by atoms with van der Waals surface area (Å²) in [7, 11) is -1.05. The van der Waals surface area contributed by atoms with E-state index in [9.17, 15) is 8.42 Å². The molecule has 0 radical (unpaired) electrons. The minimum absolute atomic E-state index is 0.183. The Bertz CT molecular complexity index is 905. The average Bonchev–Trinajstić information content (AvgIpc) is 2.76.